The van der Waals surface area contributed by atoms with Crippen LogP contribution >= 0.6 is 46.9 Å². The van der Waals surface area contributed by atoms with Crippen LogP contribution in [0.5, 0.6) is 0 Å². The third-order valence-corrected chi connectivity index (χ3v) is 5.09. The summed E-state index contributed by atoms with van der Waals surface area (Å²) in [5, 5.41) is 26.1. The normalized spacial score (nSPS) is 23.0. The Kier molecular flexibility index (Phi) is 9.00. The topological polar surface area (TPSA) is 76.9 Å². The predicted molar refractivity (Wildman–Crippen MR) is 102 cm³/mol. The van der Waals surface area contributed by atoms with Crippen molar-refractivity contribution in [2.24, 2.45) is 10.9 Å². The number of nitrogens with zero attached hydrogens (tertiary/aromatic N) is 1. The van der Waals surface area contributed by atoms with Crippen LogP contribution in [0.3, 0.4) is 0 Å². The van der Waals surface area contributed by atoms with Crippen LogP contribution in [0.2, 0.25) is 4.34 Å². The van der Waals surface area contributed by atoms with Gasteiger partial charge >= 0.3 is 0 Å². The van der Waals surface area contributed by atoms with E-state index in [4.69, 9.17) is 11.6 Å². The molecule has 3 unspecified atom stereocenters. The first-order valence-electron chi connectivity index (χ1n) is 7.16. The van der Waals surface area contributed by atoms with E-state index in [0.717, 1.165) is 24.1 Å². The zero-order valence-electron chi connectivity index (χ0n) is 12.5. The molecule has 2 rings (SSSR count). The van der Waals surface area contributed by atoms with Crippen LogP contribution in [0, 0.1) is 5.92 Å². The summed E-state index contributed by atoms with van der Waals surface area (Å²) in [5.41, 5.74) is 0. The second-order valence-corrected chi connectivity index (χ2v) is 7.00. The van der Waals surface area contributed by atoms with E-state index in [1.54, 1.807) is 13.1 Å². The Morgan fingerprint density at radius 3 is 2.77 bits per heavy atom. The molecular weight excluding hydrogens is 437 g/mol. The minimum Gasteiger partial charge on any atom is -0.393 e. The highest BCUT2D eigenvalue weighted by atomic mass is 127. The van der Waals surface area contributed by atoms with Gasteiger partial charge in [-0.1, -0.05) is 18.0 Å². The Morgan fingerprint density at radius 2 is 2.23 bits per heavy atom. The second-order valence-electron chi connectivity index (χ2n) is 5.25. The molecule has 1 aliphatic rings. The number of guanidine groups is 1. The van der Waals surface area contributed by atoms with Crippen molar-refractivity contribution in [1.29, 1.82) is 0 Å². The Morgan fingerprint density at radius 1 is 1.45 bits per heavy atom. The third kappa shape index (κ3) is 5.84. The summed E-state index contributed by atoms with van der Waals surface area (Å²) >= 11 is 7.23. The number of halogens is 2. The lowest BCUT2D eigenvalue weighted by Gasteiger charge is -2.18. The molecule has 1 aliphatic carbocycles. The van der Waals surface area contributed by atoms with Crippen LogP contribution in [-0.4, -0.2) is 42.4 Å². The summed E-state index contributed by atoms with van der Waals surface area (Å²) in [6.45, 7) is 1.06. The maximum absolute atomic E-state index is 10.1. The molecule has 1 aromatic rings. The highest BCUT2D eigenvalue weighted by Gasteiger charge is 2.25. The van der Waals surface area contributed by atoms with E-state index in [1.807, 2.05) is 6.07 Å². The Bertz CT molecular complexity index is 486. The molecule has 0 spiro atoms. The molecule has 0 bridgehead atoms. The van der Waals surface area contributed by atoms with E-state index < -0.39 is 6.10 Å². The van der Waals surface area contributed by atoms with Gasteiger partial charge in [-0.2, -0.15) is 0 Å². The van der Waals surface area contributed by atoms with E-state index in [2.05, 4.69) is 15.6 Å². The van der Waals surface area contributed by atoms with Gasteiger partial charge in [0.25, 0.3) is 0 Å². The first kappa shape index (κ1) is 20.0. The molecule has 4 N–H and O–H groups in total. The van der Waals surface area contributed by atoms with Gasteiger partial charge in [0.2, 0.25) is 0 Å². The summed E-state index contributed by atoms with van der Waals surface area (Å²) in [6, 6.07) is 3.60. The molecule has 5 nitrogen and oxygen atoms in total. The van der Waals surface area contributed by atoms with E-state index >= 15 is 0 Å². The number of nitrogens with one attached hydrogen (secondary N) is 2. The van der Waals surface area contributed by atoms with E-state index in [0.29, 0.717) is 23.4 Å². The monoisotopic (exact) mass is 459 g/mol. The molecule has 126 valence electrons. The average Bonchev–Trinajstić information content (AvgIpc) is 3.08. The summed E-state index contributed by atoms with van der Waals surface area (Å²) in [6.07, 6.45) is 2.18. The molecule has 1 aromatic heterocycles. The Hall–Kier alpha value is -0.0900. The van der Waals surface area contributed by atoms with Gasteiger partial charge in [0.15, 0.2) is 5.96 Å². The van der Waals surface area contributed by atoms with Gasteiger partial charge in [0.05, 0.1) is 10.4 Å². The van der Waals surface area contributed by atoms with Crippen LogP contribution in [0.25, 0.3) is 0 Å². The largest absolute Gasteiger partial charge is 0.393 e. The number of aliphatic imine (C=N–C) groups is 1. The van der Waals surface area contributed by atoms with Gasteiger partial charge < -0.3 is 20.8 Å². The number of hydrogen-bond acceptors (Lipinski definition) is 4. The molecule has 1 heterocycles. The number of aliphatic hydroxyl groups is 2. The predicted octanol–water partition coefficient (Wildman–Crippen LogP) is 2.38. The molecule has 0 aliphatic heterocycles. The zero-order chi connectivity index (χ0) is 15.2. The van der Waals surface area contributed by atoms with Crippen molar-refractivity contribution in [3.8, 4) is 0 Å². The van der Waals surface area contributed by atoms with Crippen LogP contribution < -0.4 is 10.6 Å². The molecule has 0 amide bonds. The van der Waals surface area contributed by atoms with Crippen molar-refractivity contribution in [1.82, 2.24) is 10.6 Å². The van der Waals surface area contributed by atoms with E-state index in [-0.39, 0.29) is 36.0 Å². The van der Waals surface area contributed by atoms with Crippen molar-refractivity contribution in [2.45, 2.75) is 31.5 Å². The molecular formula is C14H23ClIN3O2S. The van der Waals surface area contributed by atoms with Gasteiger partial charge in [-0.05, 0) is 25.0 Å². The smallest absolute Gasteiger partial charge is 0.191 e. The second kappa shape index (κ2) is 9.92. The first-order valence-corrected chi connectivity index (χ1v) is 8.35. The fraction of sp³-hybridized carbons (Fsp3) is 0.643. The Balaban J connectivity index is 0.00000242. The van der Waals surface area contributed by atoms with E-state index in [9.17, 15) is 10.2 Å². The van der Waals surface area contributed by atoms with E-state index in [1.165, 1.54) is 11.3 Å². The first-order chi connectivity index (χ1) is 10.1. The number of rotatable bonds is 5. The van der Waals surface area contributed by atoms with Crippen LogP contribution in [0.1, 0.15) is 30.2 Å². The molecule has 0 saturated heterocycles. The SMILES string of the molecule is CN=C(NCC(O)c1ccc(Cl)s1)NCC1CCCC1O.I. The average molecular weight is 460 g/mol. The summed E-state index contributed by atoms with van der Waals surface area (Å²) in [4.78, 5) is 4.95. The summed E-state index contributed by atoms with van der Waals surface area (Å²) in [5.74, 6) is 0.917. The fourth-order valence-electron chi connectivity index (χ4n) is 2.51. The van der Waals surface area contributed by atoms with Gasteiger partial charge in [0.1, 0.15) is 6.10 Å². The lowest BCUT2D eigenvalue weighted by atomic mass is 10.1. The van der Waals surface area contributed by atoms with Crippen LogP contribution in [0.4, 0.5) is 0 Å². The standard InChI is InChI=1S/C14H22ClN3O2S.HI/c1-16-14(17-7-9-3-2-4-10(9)19)18-8-11(20)12-5-6-13(15)21-12;/h5-6,9-11,19-20H,2-4,7-8H2,1H3,(H2,16,17,18);1H. The number of thiophene rings is 1. The maximum atomic E-state index is 10.1. The van der Waals surface area contributed by atoms with Gasteiger partial charge in [-0.15, -0.1) is 35.3 Å². The zero-order valence-corrected chi connectivity index (χ0v) is 16.4. The minimum atomic E-state index is -0.613. The number of aliphatic hydroxyl groups excluding tert-OH is 2. The van der Waals surface area contributed by atoms with Gasteiger partial charge in [-0.25, -0.2) is 0 Å². The molecule has 22 heavy (non-hydrogen) atoms. The van der Waals surface area contributed by atoms with Crippen molar-refractivity contribution in [2.75, 3.05) is 20.1 Å². The highest BCUT2D eigenvalue weighted by Crippen LogP contribution is 2.26. The van der Waals surface area contributed by atoms with Crippen molar-refractivity contribution in [3.05, 3.63) is 21.3 Å². The van der Waals surface area contributed by atoms with Crippen molar-refractivity contribution in [3.63, 3.8) is 0 Å². The summed E-state index contributed by atoms with van der Waals surface area (Å²) < 4.78 is 0.668. The molecule has 3 atom stereocenters. The fourth-order valence-corrected chi connectivity index (χ4v) is 3.55. The van der Waals surface area contributed by atoms with Crippen LogP contribution in [0.15, 0.2) is 17.1 Å². The van der Waals surface area contributed by atoms with Gasteiger partial charge in [-0.3, -0.25) is 4.99 Å². The van der Waals surface area contributed by atoms with Gasteiger partial charge in [0, 0.05) is 30.9 Å². The van der Waals surface area contributed by atoms with Crippen molar-refractivity contribution >= 4 is 52.9 Å². The third-order valence-electron chi connectivity index (χ3n) is 3.76. The lowest BCUT2D eigenvalue weighted by molar-refractivity contribution is 0.134. The Labute approximate surface area is 157 Å². The maximum Gasteiger partial charge on any atom is 0.191 e. The molecule has 0 aromatic carbocycles. The molecule has 8 heteroatoms. The minimum absolute atomic E-state index is 0. The summed E-state index contributed by atoms with van der Waals surface area (Å²) in [7, 11) is 1.69. The molecule has 1 saturated carbocycles. The quantitative estimate of drug-likeness (QED) is 0.310. The van der Waals surface area contributed by atoms with Crippen LogP contribution in [-0.2, 0) is 0 Å². The highest BCUT2D eigenvalue weighted by molar-refractivity contribution is 14.0. The lowest BCUT2D eigenvalue weighted by Crippen LogP contribution is -2.42. The number of hydrogen-bond donors (Lipinski definition) is 4. The molecule has 1 fully saturated rings. The molecule has 0 radical (unpaired) electrons. The van der Waals surface area contributed by atoms with Crippen molar-refractivity contribution < 1.29 is 10.2 Å².